The smallest absolute Gasteiger partial charge is 0.326 e. The summed E-state index contributed by atoms with van der Waals surface area (Å²) in [4.78, 5) is 40.3. The monoisotopic (exact) mass is 388 g/mol. The number of hydrogen-bond donors (Lipinski definition) is 1. The van der Waals surface area contributed by atoms with E-state index in [4.69, 9.17) is 4.74 Å². The second-order valence-electron chi connectivity index (χ2n) is 8.80. The zero-order chi connectivity index (χ0) is 20.4. The topological polar surface area (TPSA) is 93.5 Å². The van der Waals surface area contributed by atoms with Crippen LogP contribution in [0.1, 0.15) is 56.3 Å². The Morgan fingerprint density at radius 1 is 1.32 bits per heavy atom. The molecular weight excluding hydrogens is 360 g/mol. The minimum atomic E-state index is -1.22. The average Bonchev–Trinajstić information content (AvgIpc) is 3.27. The Labute approximate surface area is 164 Å². The summed E-state index contributed by atoms with van der Waals surface area (Å²) < 4.78 is 7.00. The first-order valence-electron chi connectivity index (χ1n) is 9.92. The van der Waals surface area contributed by atoms with Gasteiger partial charge in [-0.1, -0.05) is 13.8 Å². The highest BCUT2D eigenvalue weighted by atomic mass is 16.5. The van der Waals surface area contributed by atoms with E-state index < -0.39 is 29.4 Å². The average molecular weight is 388 g/mol. The Balaban J connectivity index is 1.86. The standard InChI is InChI=1S/C20H28N4O4/c1-10(2)8-20(19(27)28-5)14-13(17(25)23(3)18(14)26)15(22-20)12-9-21-24(4)16(12)11-6-7-11/h9-11,13-15,22H,6-8H2,1-5H3/t13-,14-,15-,20-/m1/s1. The second kappa shape index (κ2) is 6.40. The van der Waals surface area contributed by atoms with Crippen LogP contribution in [0.5, 0.6) is 0 Å². The first-order valence-corrected chi connectivity index (χ1v) is 9.92. The van der Waals surface area contributed by atoms with Crippen LogP contribution in [0, 0.1) is 17.8 Å². The van der Waals surface area contributed by atoms with Crippen LogP contribution in [-0.4, -0.2) is 52.2 Å². The summed E-state index contributed by atoms with van der Waals surface area (Å²) >= 11 is 0. The third-order valence-corrected chi connectivity index (χ3v) is 6.47. The summed E-state index contributed by atoms with van der Waals surface area (Å²) in [7, 11) is 4.74. The van der Waals surface area contributed by atoms with Crippen molar-refractivity contribution in [2.45, 2.75) is 50.6 Å². The predicted molar refractivity (Wildman–Crippen MR) is 100 cm³/mol. The fourth-order valence-electron chi connectivity index (χ4n) is 5.26. The maximum absolute atomic E-state index is 13.1. The van der Waals surface area contributed by atoms with E-state index in [9.17, 15) is 14.4 Å². The van der Waals surface area contributed by atoms with Gasteiger partial charge in [-0.3, -0.25) is 29.3 Å². The molecule has 1 aliphatic carbocycles. The number of amides is 2. The lowest BCUT2D eigenvalue weighted by Crippen LogP contribution is -2.56. The molecule has 2 saturated heterocycles. The van der Waals surface area contributed by atoms with E-state index in [0.717, 1.165) is 24.1 Å². The Kier molecular flexibility index (Phi) is 4.37. The summed E-state index contributed by atoms with van der Waals surface area (Å²) in [5.74, 6) is -1.87. The lowest BCUT2D eigenvalue weighted by molar-refractivity contribution is -0.154. The maximum atomic E-state index is 13.1. The van der Waals surface area contributed by atoms with Crippen molar-refractivity contribution in [2.24, 2.45) is 24.8 Å². The van der Waals surface area contributed by atoms with Gasteiger partial charge in [0, 0.05) is 37.3 Å². The predicted octanol–water partition coefficient (Wildman–Crippen LogP) is 1.13. The van der Waals surface area contributed by atoms with E-state index in [1.165, 1.54) is 19.1 Å². The molecule has 4 rings (SSSR count). The highest BCUT2D eigenvalue weighted by Crippen LogP contribution is 2.53. The minimum absolute atomic E-state index is 0.136. The second-order valence-corrected chi connectivity index (χ2v) is 8.80. The SMILES string of the molecule is COC(=O)[C@]1(CC(C)C)N[C@H](c2cnn(C)c2C2CC2)[C@@H]2C(=O)N(C)C(=O)[C@@H]21. The largest absolute Gasteiger partial charge is 0.468 e. The van der Waals surface area contributed by atoms with Gasteiger partial charge in [-0.05, 0) is 25.2 Å². The molecule has 1 aromatic rings. The van der Waals surface area contributed by atoms with Gasteiger partial charge in [-0.2, -0.15) is 5.10 Å². The molecule has 1 aromatic heterocycles. The number of esters is 1. The summed E-state index contributed by atoms with van der Waals surface area (Å²) in [6.07, 6.45) is 4.38. The van der Waals surface area contributed by atoms with Gasteiger partial charge in [0.25, 0.3) is 0 Å². The van der Waals surface area contributed by atoms with E-state index >= 15 is 0 Å². The summed E-state index contributed by atoms with van der Waals surface area (Å²) in [5.41, 5.74) is 0.800. The van der Waals surface area contributed by atoms with Crippen molar-refractivity contribution in [3.05, 3.63) is 17.5 Å². The van der Waals surface area contributed by atoms with Crippen LogP contribution in [0.25, 0.3) is 0 Å². The van der Waals surface area contributed by atoms with Crippen LogP contribution in [0.4, 0.5) is 0 Å². The third kappa shape index (κ3) is 2.53. The Bertz CT molecular complexity index is 843. The van der Waals surface area contributed by atoms with Gasteiger partial charge in [0.2, 0.25) is 11.8 Å². The number of hydrogen-bond acceptors (Lipinski definition) is 6. The van der Waals surface area contributed by atoms with E-state index in [-0.39, 0.29) is 17.7 Å². The van der Waals surface area contributed by atoms with Gasteiger partial charge in [-0.15, -0.1) is 0 Å². The third-order valence-electron chi connectivity index (χ3n) is 6.47. The number of likely N-dealkylation sites (tertiary alicyclic amines) is 1. The number of fused-ring (bicyclic) bond motifs is 1. The molecule has 3 fully saturated rings. The number of nitrogens with one attached hydrogen (secondary N) is 1. The number of aryl methyl sites for hydroxylation is 1. The molecule has 0 unspecified atom stereocenters. The molecular formula is C20H28N4O4. The van der Waals surface area contributed by atoms with Gasteiger partial charge >= 0.3 is 5.97 Å². The van der Waals surface area contributed by atoms with E-state index in [0.29, 0.717) is 12.3 Å². The molecule has 1 saturated carbocycles. The molecule has 1 N–H and O–H groups in total. The molecule has 152 valence electrons. The van der Waals surface area contributed by atoms with Gasteiger partial charge < -0.3 is 4.74 Å². The summed E-state index contributed by atoms with van der Waals surface area (Å²) in [5, 5.41) is 7.85. The Morgan fingerprint density at radius 2 is 2.00 bits per heavy atom. The van der Waals surface area contributed by atoms with Crippen LogP contribution < -0.4 is 5.32 Å². The number of imide groups is 1. The van der Waals surface area contributed by atoms with Crippen LogP contribution >= 0.6 is 0 Å². The lowest BCUT2D eigenvalue weighted by atomic mass is 9.75. The van der Waals surface area contributed by atoms with E-state index in [2.05, 4.69) is 10.4 Å². The first kappa shape index (κ1) is 19.1. The van der Waals surface area contributed by atoms with Crippen molar-refractivity contribution in [2.75, 3.05) is 14.2 Å². The van der Waals surface area contributed by atoms with Crippen LogP contribution in [0.2, 0.25) is 0 Å². The number of aromatic nitrogens is 2. The van der Waals surface area contributed by atoms with Crippen molar-refractivity contribution in [1.29, 1.82) is 0 Å². The van der Waals surface area contributed by atoms with Crippen LogP contribution in [0.3, 0.4) is 0 Å². The van der Waals surface area contributed by atoms with Crippen molar-refractivity contribution < 1.29 is 19.1 Å². The zero-order valence-electron chi connectivity index (χ0n) is 17.1. The molecule has 8 nitrogen and oxygen atoms in total. The van der Waals surface area contributed by atoms with Gasteiger partial charge in [0.05, 0.1) is 25.1 Å². The number of nitrogens with zero attached hydrogens (tertiary/aromatic N) is 3. The number of ether oxygens (including phenoxy) is 1. The van der Waals surface area contributed by atoms with Gasteiger partial charge in [0.15, 0.2) is 0 Å². The van der Waals surface area contributed by atoms with Gasteiger partial charge in [-0.25, -0.2) is 0 Å². The number of rotatable bonds is 5. The molecule has 28 heavy (non-hydrogen) atoms. The highest BCUT2D eigenvalue weighted by Gasteiger charge is 2.68. The minimum Gasteiger partial charge on any atom is -0.468 e. The number of methoxy groups -OCH3 is 1. The fourth-order valence-corrected chi connectivity index (χ4v) is 5.26. The van der Waals surface area contributed by atoms with Crippen molar-refractivity contribution in [3.63, 3.8) is 0 Å². The van der Waals surface area contributed by atoms with Crippen LogP contribution in [-0.2, 0) is 26.2 Å². The molecule has 8 heteroatoms. The highest BCUT2D eigenvalue weighted by molar-refractivity contribution is 6.09. The zero-order valence-corrected chi connectivity index (χ0v) is 17.1. The fraction of sp³-hybridized carbons (Fsp3) is 0.700. The molecule has 3 aliphatic rings. The van der Waals surface area contributed by atoms with E-state index in [1.54, 1.807) is 6.20 Å². The van der Waals surface area contributed by atoms with Crippen molar-refractivity contribution in [3.8, 4) is 0 Å². The van der Waals surface area contributed by atoms with Gasteiger partial charge in [0.1, 0.15) is 5.54 Å². The molecule has 3 heterocycles. The maximum Gasteiger partial charge on any atom is 0.326 e. The number of carbonyl (C=O) groups is 3. The normalized spacial score (nSPS) is 32.4. The van der Waals surface area contributed by atoms with Crippen molar-refractivity contribution in [1.82, 2.24) is 20.0 Å². The molecule has 2 aliphatic heterocycles. The quantitative estimate of drug-likeness (QED) is 0.600. The summed E-state index contributed by atoms with van der Waals surface area (Å²) in [6, 6.07) is -0.437. The molecule has 0 aromatic carbocycles. The number of carbonyl (C=O) groups excluding carboxylic acids is 3. The molecule has 0 spiro atoms. The first-order chi connectivity index (χ1) is 13.2. The Morgan fingerprint density at radius 3 is 2.57 bits per heavy atom. The molecule has 0 bridgehead atoms. The van der Waals surface area contributed by atoms with Crippen molar-refractivity contribution >= 4 is 17.8 Å². The molecule has 4 atom stereocenters. The molecule has 0 radical (unpaired) electrons. The Hall–Kier alpha value is -2.22. The summed E-state index contributed by atoms with van der Waals surface area (Å²) in [6.45, 7) is 4.00. The lowest BCUT2D eigenvalue weighted by Gasteiger charge is -2.33. The van der Waals surface area contributed by atoms with Crippen LogP contribution in [0.15, 0.2) is 6.20 Å². The van der Waals surface area contributed by atoms with E-state index in [1.807, 2.05) is 25.6 Å². The molecule has 2 amide bonds.